The Kier molecular flexibility index (Phi) is 3.69. The van der Waals surface area contributed by atoms with Gasteiger partial charge in [-0.05, 0) is 26.4 Å². The first-order chi connectivity index (χ1) is 6.11. The molecule has 0 aromatic rings. The summed E-state index contributed by atoms with van der Waals surface area (Å²) in [4.78, 5) is 13.2. The quantitative estimate of drug-likeness (QED) is 0.379. The molecular weight excluding hydrogens is 166 g/mol. The van der Waals surface area contributed by atoms with Gasteiger partial charge in [0.1, 0.15) is 0 Å². The van der Waals surface area contributed by atoms with E-state index in [1.54, 1.807) is 0 Å². The van der Waals surface area contributed by atoms with Crippen molar-refractivity contribution in [2.45, 2.75) is 32.2 Å². The SMILES string of the molecule is CC(=O)N(N)CC1CCCCN1C. The topological polar surface area (TPSA) is 49.6 Å². The molecule has 1 unspecified atom stereocenters. The number of rotatable bonds is 2. The average molecular weight is 185 g/mol. The number of likely N-dealkylation sites (tertiary alicyclic amines) is 1. The fraction of sp³-hybridized carbons (Fsp3) is 0.889. The van der Waals surface area contributed by atoms with Gasteiger partial charge in [0.05, 0.1) is 6.54 Å². The first-order valence-electron chi connectivity index (χ1n) is 4.84. The largest absolute Gasteiger partial charge is 0.302 e. The minimum Gasteiger partial charge on any atom is -0.302 e. The smallest absolute Gasteiger partial charge is 0.233 e. The van der Waals surface area contributed by atoms with Crippen LogP contribution < -0.4 is 5.84 Å². The van der Waals surface area contributed by atoms with Crippen LogP contribution in [-0.2, 0) is 4.79 Å². The Labute approximate surface area is 79.6 Å². The molecule has 76 valence electrons. The van der Waals surface area contributed by atoms with Crippen molar-refractivity contribution in [1.82, 2.24) is 9.91 Å². The fourth-order valence-electron chi connectivity index (χ4n) is 1.73. The van der Waals surface area contributed by atoms with E-state index in [-0.39, 0.29) is 5.91 Å². The first-order valence-corrected chi connectivity index (χ1v) is 4.84. The molecule has 13 heavy (non-hydrogen) atoms. The maximum absolute atomic E-state index is 10.9. The van der Waals surface area contributed by atoms with Gasteiger partial charge in [-0.1, -0.05) is 6.42 Å². The highest BCUT2D eigenvalue weighted by atomic mass is 16.2. The summed E-state index contributed by atoms with van der Waals surface area (Å²) in [6, 6.07) is 0.447. The van der Waals surface area contributed by atoms with Crippen LogP contribution >= 0.6 is 0 Å². The normalized spacial score (nSPS) is 24.4. The Morgan fingerprint density at radius 2 is 2.31 bits per heavy atom. The second kappa shape index (κ2) is 4.58. The molecule has 4 nitrogen and oxygen atoms in total. The molecule has 0 spiro atoms. The van der Waals surface area contributed by atoms with E-state index in [1.807, 2.05) is 0 Å². The number of carbonyl (C=O) groups is 1. The molecule has 1 aliphatic heterocycles. The highest BCUT2D eigenvalue weighted by molar-refractivity contribution is 5.72. The van der Waals surface area contributed by atoms with Gasteiger partial charge in [-0.25, -0.2) is 5.84 Å². The number of piperidine rings is 1. The maximum Gasteiger partial charge on any atom is 0.233 e. The van der Waals surface area contributed by atoms with Crippen LogP contribution in [0.15, 0.2) is 0 Å². The monoisotopic (exact) mass is 185 g/mol. The van der Waals surface area contributed by atoms with Crippen LogP contribution in [0, 0.1) is 0 Å². The Hall–Kier alpha value is -0.610. The first kappa shape index (κ1) is 10.5. The fourth-order valence-corrected chi connectivity index (χ4v) is 1.73. The van der Waals surface area contributed by atoms with Gasteiger partial charge >= 0.3 is 0 Å². The van der Waals surface area contributed by atoms with Crippen molar-refractivity contribution in [2.75, 3.05) is 20.1 Å². The zero-order chi connectivity index (χ0) is 9.84. The van der Waals surface area contributed by atoms with Gasteiger partial charge in [-0.2, -0.15) is 0 Å². The van der Waals surface area contributed by atoms with E-state index in [0.29, 0.717) is 12.6 Å². The lowest BCUT2D eigenvalue weighted by Gasteiger charge is -2.34. The molecule has 1 saturated heterocycles. The Balaban J connectivity index is 2.37. The molecule has 4 heteroatoms. The Morgan fingerprint density at radius 3 is 2.85 bits per heavy atom. The van der Waals surface area contributed by atoms with Gasteiger partial charge in [0, 0.05) is 13.0 Å². The predicted octanol–water partition coefficient (Wildman–Crippen LogP) is 0.193. The van der Waals surface area contributed by atoms with Gasteiger partial charge in [0.15, 0.2) is 0 Å². The van der Waals surface area contributed by atoms with Crippen LogP contribution in [0.3, 0.4) is 0 Å². The summed E-state index contributed by atoms with van der Waals surface area (Å²) in [5.74, 6) is 5.51. The standard InChI is InChI=1S/C9H19N3O/c1-8(13)12(10)7-9-5-3-4-6-11(9)2/h9H,3-7,10H2,1-2H3. The predicted molar refractivity (Wildman–Crippen MR) is 51.8 cm³/mol. The van der Waals surface area contributed by atoms with Gasteiger partial charge in [-0.15, -0.1) is 0 Å². The van der Waals surface area contributed by atoms with Crippen molar-refractivity contribution >= 4 is 5.91 Å². The van der Waals surface area contributed by atoms with Gasteiger partial charge in [0.2, 0.25) is 5.91 Å². The summed E-state index contributed by atoms with van der Waals surface area (Å²) in [5.41, 5.74) is 0. The third-order valence-electron chi connectivity index (χ3n) is 2.73. The highest BCUT2D eigenvalue weighted by Crippen LogP contribution is 2.15. The van der Waals surface area contributed by atoms with Gasteiger partial charge in [-0.3, -0.25) is 9.80 Å². The second-order valence-electron chi connectivity index (χ2n) is 3.80. The second-order valence-corrected chi connectivity index (χ2v) is 3.80. The number of hydrogen-bond donors (Lipinski definition) is 1. The van der Waals surface area contributed by atoms with Crippen molar-refractivity contribution < 1.29 is 4.79 Å². The highest BCUT2D eigenvalue weighted by Gasteiger charge is 2.21. The number of nitrogens with zero attached hydrogens (tertiary/aromatic N) is 2. The number of hydrogen-bond acceptors (Lipinski definition) is 3. The summed E-state index contributed by atoms with van der Waals surface area (Å²) in [6.45, 7) is 3.28. The third-order valence-corrected chi connectivity index (χ3v) is 2.73. The van der Waals surface area contributed by atoms with Crippen molar-refractivity contribution in [3.63, 3.8) is 0 Å². The lowest BCUT2D eigenvalue weighted by Crippen LogP contribution is -2.48. The molecule has 0 radical (unpaired) electrons. The van der Waals surface area contributed by atoms with Crippen molar-refractivity contribution in [2.24, 2.45) is 5.84 Å². The molecular formula is C9H19N3O. The van der Waals surface area contributed by atoms with Crippen LogP contribution in [0.4, 0.5) is 0 Å². The molecule has 1 aliphatic rings. The molecule has 0 saturated carbocycles. The van der Waals surface area contributed by atoms with E-state index in [0.717, 1.165) is 13.0 Å². The molecule has 1 rings (SSSR count). The molecule has 1 atom stereocenters. The van der Waals surface area contributed by atoms with Gasteiger partial charge < -0.3 is 4.90 Å². The summed E-state index contributed by atoms with van der Waals surface area (Å²) < 4.78 is 0. The van der Waals surface area contributed by atoms with Crippen LogP contribution in [0.1, 0.15) is 26.2 Å². The number of amides is 1. The van der Waals surface area contributed by atoms with Crippen LogP contribution in [-0.4, -0.2) is 42.0 Å². The van der Waals surface area contributed by atoms with Crippen LogP contribution in [0.25, 0.3) is 0 Å². The lowest BCUT2D eigenvalue weighted by molar-refractivity contribution is -0.130. The molecule has 1 heterocycles. The number of likely N-dealkylation sites (N-methyl/N-ethyl adjacent to an activating group) is 1. The zero-order valence-electron chi connectivity index (χ0n) is 8.49. The molecule has 1 amide bonds. The number of hydrazine groups is 1. The van der Waals surface area contributed by atoms with Crippen molar-refractivity contribution in [3.8, 4) is 0 Å². The summed E-state index contributed by atoms with van der Waals surface area (Å²) in [6.07, 6.45) is 3.66. The molecule has 0 bridgehead atoms. The van der Waals surface area contributed by atoms with E-state index in [4.69, 9.17) is 5.84 Å². The van der Waals surface area contributed by atoms with E-state index in [1.165, 1.54) is 24.8 Å². The molecule has 0 aromatic heterocycles. The minimum atomic E-state index is -0.0565. The maximum atomic E-state index is 10.9. The van der Waals surface area contributed by atoms with Crippen LogP contribution in [0.5, 0.6) is 0 Å². The molecule has 2 N–H and O–H groups in total. The van der Waals surface area contributed by atoms with Crippen molar-refractivity contribution in [3.05, 3.63) is 0 Å². The van der Waals surface area contributed by atoms with Crippen molar-refractivity contribution in [1.29, 1.82) is 0 Å². The Morgan fingerprint density at radius 1 is 1.62 bits per heavy atom. The minimum absolute atomic E-state index is 0.0565. The lowest BCUT2D eigenvalue weighted by atomic mass is 10.0. The summed E-state index contributed by atoms with van der Waals surface area (Å²) >= 11 is 0. The van der Waals surface area contributed by atoms with E-state index >= 15 is 0 Å². The molecule has 1 fully saturated rings. The Bertz CT molecular complexity index is 184. The average Bonchev–Trinajstić information content (AvgIpc) is 2.08. The number of carbonyl (C=O) groups excluding carboxylic acids is 1. The van der Waals surface area contributed by atoms with Gasteiger partial charge in [0.25, 0.3) is 0 Å². The van der Waals surface area contributed by atoms with Crippen LogP contribution in [0.2, 0.25) is 0 Å². The molecule has 0 aromatic carbocycles. The summed E-state index contributed by atoms with van der Waals surface area (Å²) in [5, 5.41) is 1.31. The molecule has 0 aliphatic carbocycles. The van der Waals surface area contributed by atoms with E-state index < -0.39 is 0 Å². The summed E-state index contributed by atoms with van der Waals surface area (Å²) in [7, 11) is 2.10. The number of nitrogens with two attached hydrogens (primary N) is 1. The van der Waals surface area contributed by atoms with E-state index in [9.17, 15) is 4.79 Å². The third kappa shape index (κ3) is 2.97. The zero-order valence-corrected chi connectivity index (χ0v) is 8.49. The van der Waals surface area contributed by atoms with E-state index in [2.05, 4.69) is 11.9 Å².